The van der Waals surface area contributed by atoms with Crippen molar-refractivity contribution in [2.45, 2.75) is 107 Å². The molecule has 4 fully saturated rings. The number of aromatic nitrogens is 3. The van der Waals surface area contributed by atoms with Gasteiger partial charge in [-0.3, -0.25) is 19.8 Å². The number of morpholine rings is 1. The molecule has 9 rings (SSSR count). The lowest BCUT2D eigenvalue weighted by Gasteiger charge is -2.57. The molecule has 0 bridgehead atoms. The molecule has 368 valence electrons. The van der Waals surface area contributed by atoms with Crippen LogP contribution in [0.1, 0.15) is 106 Å². The van der Waals surface area contributed by atoms with Crippen LogP contribution in [0.5, 0.6) is 17.4 Å². The number of nitrogens with zero attached hydrogens (tertiary/aromatic N) is 5. The second-order valence-corrected chi connectivity index (χ2v) is 21.3. The van der Waals surface area contributed by atoms with E-state index < -0.39 is 49.5 Å². The maximum atomic E-state index is 14.1. The topological polar surface area (TPSA) is 214 Å². The van der Waals surface area contributed by atoms with Crippen LogP contribution in [0.2, 0.25) is 0 Å². The molecule has 4 aliphatic rings. The highest BCUT2D eigenvalue weighted by Crippen LogP contribution is 2.53. The molecule has 69 heavy (non-hydrogen) atoms. The summed E-state index contributed by atoms with van der Waals surface area (Å²) in [5, 5.41) is 25.9. The number of hydrogen-bond acceptors (Lipinski definition) is 14. The number of amides is 1. The van der Waals surface area contributed by atoms with Crippen LogP contribution in [0.15, 0.2) is 78.0 Å². The maximum absolute atomic E-state index is 14.1. The van der Waals surface area contributed by atoms with Gasteiger partial charge in [0, 0.05) is 61.6 Å². The van der Waals surface area contributed by atoms with Crippen LogP contribution in [-0.2, 0) is 14.8 Å². The Morgan fingerprint density at radius 1 is 1.04 bits per heavy atom. The first-order valence-corrected chi connectivity index (χ1v) is 25.0. The molecule has 3 aromatic heterocycles. The number of benzene rings is 2. The maximum Gasteiger partial charge on any atom is 0.388 e. The molecule has 1 atom stereocenters. The van der Waals surface area contributed by atoms with Crippen LogP contribution in [0, 0.1) is 21.4 Å². The van der Waals surface area contributed by atoms with Gasteiger partial charge in [0.25, 0.3) is 21.8 Å². The Labute approximate surface area is 399 Å². The average molecular weight is 973 g/mol. The third kappa shape index (κ3) is 10.5. The monoisotopic (exact) mass is 972 g/mol. The lowest BCUT2D eigenvalue weighted by molar-refractivity contribution is -0.384. The largest absolute Gasteiger partial charge is 0.451 e. The molecular formula is C49H58F2N8O9S. The second kappa shape index (κ2) is 19.4. The zero-order chi connectivity index (χ0) is 48.7. The lowest BCUT2D eigenvalue weighted by atomic mass is 9.59. The van der Waals surface area contributed by atoms with E-state index in [2.05, 4.69) is 68.2 Å². The van der Waals surface area contributed by atoms with Gasteiger partial charge in [-0.1, -0.05) is 38.1 Å². The third-order valence-corrected chi connectivity index (χ3v) is 15.9. The number of carbonyl (C=O) groups is 1. The molecule has 4 N–H and O–H groups in total. The minimum absolute atomic E-state index is 0.116. The number of rotatable bonds is 15. The number of H-pyrrole nitrogens is 1. The molecule has 0 unspecified atom stereocenters. The number of halogens is 2. The Hall–Kier alpha value is -5.96. The van der Waals surface area contributed by atoms with Crippen molar-refractivity contribution >= 4 is 44.2 Å². The standard InChI is InChI=1S/C49H58F2N8O9S/c1-30(2)36-6-4-5-7-37(36)40-29-66-21-20-58(40)34-25-49(26-34)15-18-57(19-16-49)33-8-9-38(41(23-33)67-42-22-32-12-17-52-43(32)55-46(42)68-47(50)51)45(60)56-69(64,65)35-24-39(59(62)63)44(54-28-35)53-27-31-10-13-48(3,61)14-11-31/h4-9,12,17,22-24,28,30-31,34,40,47,61H,10-11,13-16,18-21,25-27,29H2,1-3H3,(H,52,55)(H,53,54)(H,56,60)/t31-,40-,48-/m1/s1. The molecule has 1 amide bonds. The van der Waals surface area contributed by atoms with E-state index >= 15 is 0 Å². The summed E-state index contributed by atoms with van der Waals surface area (Å²) in [6, 6.07) is 17.8. The van der Waals surface area contributed by atoms with Gasteiger partial charge in [0.15, 0.2) is 5.75 Å². The number of aromatic amines is 1. The van der Waals surface area contributed by atoms with Crippen LogP contribution in [-0.4, -0.2) is 102 Å². The van der Waals surface area contributed by atoms with Crippen molar-refractivity contribution in [3.63, 3.8) is 0 Å². The predicted octanol–water partition coefficient (Wildman–Crippen LogP) is 8.68. The van der Waals surface area contributed by atoms with E-state index in [9.17, 15) is 37.2 Å². The first-order chi connectivity index (χ1) is 33.0. The number of nitro groups is 1. The van der Waals surface area contributed by atoms with Crippen molar-refractivity contribution < 1.29 is 46.2 Å². The van der Waals surface area contributed by atoms with Gasteiger partial charge < -0.3 is 34.5 Å². The quantitative estimate of drug-likeness (QED) is 0.0571. The fraction of sp³-hybridized carbons (Fsp3) is 0.490. The van der Waals surface area contributed by atoms with Gasteiger partial charge in [0.05, 0.1) is 41.5 Å². The number of aliphatic hydroxyl groups is 1. The molecule has 17 nitrogen and oxygen atoms in total. The number of hydrogen-bond donors (Lipinski definition) is 4. The van der Waals surface area contributed by atoms with E-state index in [0.29, 0.717) is 81.6 Å². The first-order valence-electron chi connectivity index (χ1n) is 23.6. The molecule has 20 heteroatoms. The zero-order valence-electron chi connectivity index (χ0n) is 38.8. The number of pyridine rings is 2. The summed E-state index contributed by atoms with van der Waals surface area (Å²) in [5.41, 5.74) is 2.08. The molecule has 2 aliphatic heterocycles. The van der Waals surface area contributed by atoms with Crippen LogP contribution in [0.4, 0.5) is 26.0 Å². The van der Waals surface area contributed by atoms with E-state index in [1.165, 1.54) is 23.3 Å². The summed E-state index contributed by atoms with van der Waals surface area (Å²) in [5.74, 6) is -1.78. The Balaban J connectivity index is 0.935. The summed E-state index contributed by atoms with van der Waals surface area (Å²) >= 11 is 0. The minimum atomic E-state index is -4.78. The molecule has 2 saturated carbocycles. The minimum Gasteiger partial charge on any atom is -0.451 e. The number of sulfonamides is 1. The Morgan fingerprint density at radius 3 is 2.52 bits per heavy atom. The second-order valence-electron chi connectivity index (χ2n) is 19.6. The van der Waals surface area contributed by atoms with E-state index in [1.807, 2.05) is 4.72 Å². The molecule has 0 radical (unpaired) electrons. The van der Waals surface area contributed by atoms with Gasteiger partial charge in [0.2, 0.25) is 5.82 Å². The highest BCUT2D eigenvalue weighted by atomic mass is 32.2. The average Bonchev–Trinajstić information content (AvgIpc) is 3.77. The van der Waals surface area contributed by atoms with Crippen LogP contribution in [0.25, 0.3) is 11.0 Å². The van der Waals surface area contributed by atoms with Crippen LogP contribution >= 0.6 is 0 Å². The van der Waals surface area contributed by atoms with E-state index in [4.69, 9.17) is 14.2 Å². The fourth-order valence-electron chi connectivity index (χ4n) is 10.6. The molecular weight excluding hydrogens is 915 g/mol. The van der Waals surface area contributed by atoms with Gasteiger partial charge >= 0.3 is 12.3 Å². The molecule has 5 aromatic rings. The van der Waals surface area contributed by atoms with Gasteiger partial charge in [0.1, 0.15) is 16.3 Å². The van der Waals surface area contributed by atoms with Crippen molar-refractivity contribution in [1.82, 2.24) is 24.6 Å². The highest BCUT2D eigenvalue weighted by Gasteiger charge is 2.50. The number of nitrogens with one attached hydrogen (secondary N) is 3. The number of anilines is 2. The summed E-state index contributed by atoms with van der Waals surface area (Å²) in [6.07, 6.45) is 8.98. The van der Waals surface area contributed by atoms with Gasteiger partial charge in [-0.15, -0.1) is 0 Å². The van der Waals surface area contributed by atoms with Crippen molar-refractivity contribution in [3.05, 3.63) is 99.9 Å². The molecule has 1 spiro atoms. The Morgan fingerprint density at radius 2 is 1.80 bits per heavy atom. The molecule has 2 aromatic carbocycles. The molecule has 2 saturated heterocycles. The summed E-state index contributed by atoms with van der Waals surface area (Å²) in [4.78, 5) is 40.7. The normalized spacial score (nSPS) is 22.2. The summed E-state index contributed by atoms with van der Waals surface area (Å²) in [6.45, 7) is 6.88. The summed E-state index contributed by atoms with van der Waals surface area (Å²) < 4.78 is 74.0. The van der Waals surface area contributed by atoms with E-state index in [-0.39, 0.29) is 45.9 Å². The lowest BCUT2D eigenvalue weighted by Crippen LogP contribution is -2.58. The van der Waals surface area contributed by atoms with Crippen molar-refractivity contribution in [2.24, 2.45) is 11.3 Å². The SMILES string of the molecule is CC(C)c1ccccc1[C@H]1COCCN1C1CC2(CCN(c3ccc(C(=O)NS(=O)(=O)c4cnc(NC[C@H]5CC[C@](C)(O)CC5)c([N+](=O)[O-])c4)c(Oc4cc5cc[nH]c5nc4OC(F)F)c3)CC2)C1. The number of carbonyl (C=O) groups excluding carboxylic acids is 1. The van der Waals surface area contributed by atoms with Crippen molar-refractivity contribution in [2.75, 3.05) is 49.6 Å². The fourth-order valence-corrected chi connectivity index (χ4v) is 11.5. The zero-order valence-corrected chi connectivity index (χ0v) is 39.6. The molecule has 5 heterocycles. The van der Waals surface area contributed by atoms with Crippen molar-refractivity contribution in [3.8, 4) is 17.4 Å². The van der Waals surface area contributed by atoms with Crippen molar-refractivity contribution in [1.29, 1.82) is 0 Å². The Kier molecular flexibility index (Phi) is 13.5. The highest BCUT2D eigenvalue weighted by molar-refractivity contribution is 7.90. The number of alkyl halides is 2. The van der Waals surface area contributed by atoms with E-state index in [1.54, 1.807) is 31.3 Å². The first kappa shape index (κ1) is 48.1. The van der Waals surface area contributed by atoms with Gasteiger partial charge in [-0.25, -0.2) is 18.1 Å². The van der Waals surface area contributed by atoms with Gasteiger partial charge in [-0.2, -0.15) is 13.8 Å². The number of fused-ring (bicyclic) bond motifs is 1. The van der Waals surface area contributed by atoms with Crippen LogP contribution in [0.3, 0.4) is 0 Å². The number of piperidine rings is 1. The Bertz CT molecular complexity index is 2800. The van der Waals surface area contributed by atoms with Crippen LogP contribution < -0.4 is 24.4 Å². The third-order valence-electron chi connectivity index (χ3n) is 14.6. The van der Waals surface area contributed by atoms with Gasteiger partial charge in [-0.05, 0) is 111 Å². The smallest absolute Gasteiger partial charge is 0.388 e. The molecule has 2 aliphatic carbocycles. The number of ether oxygens (including phenoxy) is 3. The predicted molar refractivity (Wildman–Crippen MR) is 254 cm³/mol. The summed E-state index contributed by atoms with van der Waals surface area (Å²) in [7, 11) is -4.78. The van der Waals surface area contributed by atoms with E-state index in [0.717, 1.165) is 44.5 Å².